The smallest absolute Gasteiger partial charge is 0.130 e. The van der Waals surface area contributed by atoms with Crippen molar-refractivity contribution in [3.63, 3.8) is 0 Å². The van der Waals surface area contributed by atoms with Crippen LogP contribution in [-0.4, -0.2) is 33.3 Å². The van der Waals surface area contributed by atoms with Crippen LogP contribution in [0.3, 0.4) is 0 Å². The molecule has 1 aliphatic heterocycles. The molecule has 31 heavy (non-hydrogen) atoms. The molecule has 0 unspecified atom stereocenters. The van der Waals surface area contributed by atoms with Gasteiger partial charge < -0.3 is 10.2 Å². The van der Waals surface area contributed by atoms with E-state index in [0.29, 0.717) is 0 Å². The molecule has 0 amide bonds. The molecule has 0 saturated heterocycles. The third kappa shape index (κ3) is 3.97. The number of likely N-dealkylation sites (N-methyl/N-ethyl adjacent to an activating group) is 1. The lowest BCUT2D eigenvalue weighted by molar-refractivity contribution is 0.313. The van der Waals surface area contributed by atoms with Crippen molar-refractivity contribution in [2.24, 2.45) is 7.05 Å². The molecule has 0 aliphatic carbocycles. The Hall–Kier alpha value is -3.44. The average Bonchev–Trinajstić information content (AvgIpc) is 3.22. The van der Waals surface area contributed by atoms with Crippen molar-refractivity contribution in [2.75, 3.05) is 18.9 Å². The number of hydrogen-bond donors (Lipinski definition) is 1. The van der Waals surface area contributed by atoms with Crippen molar-refractivity contribution < 1.29 is 0 Å². The maximum atomic E-state index is 4.65. The summed E-state index contributed by atoms with van der Waals surface area (Å²) in [6.45, 7) is 4.20. The van der Waals surface area contributed by atoms with Gasteiger partial charge in [-0.3, -0.25) is 4.68 Å². The van der Waals surface area contributed by atoms with E-state index in [1.165, 1.54) is 16.7 Å². The predicted molar refractivity (Wildman–Crippen MR) is 128 cm³/mol. The quantitative estimate of drug-likeness (QED) is 0.510. The van der Waals surface area contributed by atoms with Crippen molar-refractivity contribution in [1.29, 1.82) is 0 Å². The summed E-state index contributed by atoms with van der Waals surface area (Å²) in [5.74, 6) is 0.846. The number of benzene rings is 2. The minimum atomic E-state index is 0.846. The standard InChI is InChI=1S/C26H27N5/c1-4-25(20-7-5-18-9-10-30(2)16-23(18)12-20)29-26-13-22-11-19(6-8-21(22)14-27-26)24-15-28-31(3)17-24/h4-8,11-15,17H,9-10,16H2,1-3H3,(H,27,29)/b25-4+. The first kappa shape index (κ1) is 19.5. The number of aromatic nitrogens is 3. The molecule has 2 aromatic heterocycles. The Labute approximate surface area is 183 Å². The van der Waals surface area contributed by atoms with Gasteiger partial charge >= 0.3 is 0 Å². The predicted octanol–water partition coefficient (Wildman–Crippen LogP) is 5.10. The molecule has 0 atom stereocenters. The molecule has 0 spiro atoms. The fourth-order valence-corrected chi connectivity index (χ4v) is 4.27. The highest BCUT2D eigenvalue weighted by atomic mass is 15.2. The Bertz CT molecular complexity index is 1280. The third-order valence-corrected chi connectivity index (χ3v) is 6.03. The van der Waals surface area contributed by atoms with Gasteiger partial charge in [0.1, 0.15) is 5.82 Å². The SMILES string of the molecule is C/C=C(/Nc1cc2cc(-c3cnn(C)c3)ccc2cn1)c1ccc2c(c1)CN(C)CC2. The third-order valence-electron chi connectivity index (χ3n) is 6.03. The Morgan fingerprint density at radius 3 is 2.68 bits per heavy atom. The molecule has 2 aromatic carbocycles. The molecule has 0 radical (unpaired) electrons. The van der Waals surface area contributed by atoms with E-state index in [9.17, 15) is 0 Å². The molecule has 0 fully saturated rings. The van der Waals surface area contributed by atoms with E-state index in [4.69, 9.17) is 0 Å². The topological polar surface area (TPSA) is 46.0 Å². The highest BCUT2D eigenvalue weighted by Gasteiger charge is 2.14. The molecular weight excluding hydrogens is 382 g/mol. The Kier molecular flexibility index (Phi) is 5.04. The molecule has 0 saturated carbocycles. The number of hydrogen-bond acceptors (Lipinski definition) is 4. The van der Waals surface area contributed by atoms with E-state index in [1.54, 1.807) is 0 Å². The normalized spacial score (nSPS) is 14.6. The van der Waals surface area contributed by atoms with Gasteiger partial charge in [0.05, 0.1) is 6.20 Å². The molecule has 5 heteroatoms. The zero-order chi connectivity index (χ0) is 21.4. The molecule has 3 heterocycles. The number of nitrogens with one attached hydrogen (secondary N) is 1. The Balaban J connectivity index is 1.44. The van der Waals surface area contributed by atoms with E-state index < -0.39 is 0 Å². The lowest BCUT2D eigenvalue weighted by Crippen LogP contribution is -2.26. The van der Waals surface area contributed by atoms with E-state index in [1.807, 2.05) is 30.3 Å². The van der Waals surface area contributed by atoms with Gasteiger partial charge in [0.25, 0.3) is 0 Å². The van der Waals surface area contributed by atoms with Crippen LogP contribution in [0.1, 0.15) is 23.6 Å². The first-order valence-corrected chi connectivity index (χ1v) is 10.7. The Morgan fingerprint density at radius 2 is 1.87 bits per heavy atom. The summed E-state index contributed by atoms with van der Waals surface area (Å²) in [5, 5.41) is 10.1. The number of allylic oxidation sites excluding steroid dienone is 1. The zero-order valence-corrected chi connectivity index (χ0v) is 18.3. The fraction of sp³-hybridized carbons (Fsp3) is 0.231. The van der Waals surface area contributed by atoms with Gasteiger partial charge in [0, 0.05) is 49.2 Å². The minimum Gasteiger partial charge on any atom is -0.340 e. The van der Waals surface area contributed by atoms with Crippen molar-refractivity contribution >= 4 is 22.3 Å². The van der Waals surface area contributed by atoms with Gasteiger partial charge in [-0.2, -0.15) is 5.10 Å². The van der Waals surface area contributed by atoms with Crippen LogP contribution < -0.4 is 5.32 Å². The van der Waals surface area contributed by atoms with E-state index in [-0.39, 0.29) is 0 Å². The van der Waals surface area contributed by atoms with E-state index in [2.05, 4.69) is 82.8 Å². The van der Waals surface area contributed by atoms with E-state index in [0.717, 1.165) is 52.9 Å². The summed E-state index contributed by atoms with van der Waals surface area (Å²) in [4.78, 5) is 7.02. The van der Waals surface area contributed by atoms with Crippen LogP contribution in [0.4, 0.5) is 5.82 Å². The molecule has 0 bridgehead atoms. The van der Waals surface area contributed by atoms with Crippen LogP contribution in [-0.2, 0) is 20.0 Å². The second-order valence-corrected chi connectivity index (χ2v) is 8.33. The van der Waals surface area contributed by atoms with E-state index >= 15 is 0 Å². The number of fused-ring (bicyclic) bond motifs is 2. The summed E-state index contributed by atoms with van der Waals surface area (Å²) in [6, 6.07) is 15.4. The molecule has 4 aromatic rings. The van der Waals surface area contributed by atoms with Gasteiger partial charge in [-0.05, 0) is 66.2 Å². The summed E-state index contributed by atoms with van der Waals surface area (Å²) >= 11 is 0. The van der Waals surface area contributed by atoms with Crippen LogP contribution in [0, 0.1) is 0 Å². The molecule has 5 rings (SSSR count). The highest BCUT2D eigenvalue weighted by molar-refractivity contribution is 5.89. The first-order valence-electron chi connectivity index (χ1n) is 10.7. The zero-order valence-electron chi connectivity index (χ0n) is 18.3. The van der Waals surface area contributed by atoms with Gasteiger partial charge in [0.2, 0.25) is 0 Å². The van der Waals surface area contributed by atoms with Gasteiger partial charge in [0.15, 0.2) is 0 Å². The summed E-state index contributed by atoms with van der Waals surface area (Å²) in [7, 11) is 4.12. The van der Waals surface area contributed by atoms with Gasteiger partial charge in [-0.25, -0.2) is 4.98 Å². The number of pyridine rings is 1. The van der Waals surface area contributed by atoms with Crippen LogP contribution >= 0.6 is 0 Å². The maximum absolute atomic E-state index is 4.65. The first-order chi connectivity index (χ1) is 15.1. The van der Waals surface area contributed by atoms with Crippen molar-refractivity contribution in [2.45, 2.75) is 19.9 Å². The minimum absolute atomic E-state index is 0.846. The fourth-order valence-electron chi connectivity index (χ4n) is 4.27. The monoisotopic (exact) mass is 409 g/mol. The largest absolute Gasteiger partial charge is 0.340 e. The molecule has 1 aliphatic rings. The molecule has 5 nitrogen and oxygen atoms in total. The number of rotatable bonds is 4. The van der Waals surface area contributed by atoms with Crippen molar-refractivity contribution in [3.05, 3.63) is 83.8 Å². The lowest BCUT2D eigenvalue weighted by atomic mass is 9.96. The molecule has 1 N–H and O–H groups in total. The number of anilines is 1. The Morgan fingerprint density at radius 1 is 0.968 bits per heavy atom. The second kappa shape index (κ2) is 8.00. The summed E-state index contributed by atoms with van der Waals surface area (Å²) < 4.78 is 1.83. The molecule has 156 valence electrons. The lowest BCUT2D eigenvalue weighted by Gasteiger charge is -2.25. The summed E-state index contributed by atoms with van der Waals surface area (Å²) in [5.41, 5.74) is 7.42. The van der Waals surface area contributed by atoms with Crippen molar-refractivity contribution in [3.8, 4) is 11.1 Å². The number of nitrogens with zero attached hydrogens (tertiary/aromatic N) is 4. The van der Waals surface area contributed by atoms with Crippen LogP contribution in [0.25, 0.3) is 27.6 Å². The second-order valence-electron chi connectivity index (χ2n) is 8.33. The van der Waals surface area contributed by atoms with Crippen molar-refractivity contribution in [1.82, 2.24) is 19.7 Å². The average molecular weight is 410 g/mol. The van der Waals surface area contributed by atoms with Gasteiger partial charge in [-0.15, -0.1) is 0 Å². The number of aryl methyl sites for hydroxylation is 1. The van der Waals surface area contributed by atoms with Crippen LogP contribution in [0.2, 0.25) is 0 Å². The van der Waals surface area contributed by atoms with Crippen LogP contribution in [0.15, 0.2) is 67.1 Å². The maximum Gasteiger partial charge on any atom is 0.130 e. The van der Waals surface area contributed by atoms with Crippen LogP contribution in [0.5, 0.6) is 0 Å². The summed E-state index contributed by atoms with van der Waals surface area (Å²) in [6.07, 6.45) is 9.10. The molecular formula is C26H27N5. The highest BCUT2D eigenvalue weighted by Crippen LogP contribution is 2.28. The van der Waals surface area contributed by atoms with Gasteiger partial charge in [-0.1, -0.05) is 30.3 Å².